The molecule has 43 heavy (non-hydrogen) atoms. The van der Waals surface area contributed by atoms with E-state index in [1.165, 1.54) is 53.7 Å². The van der Waals surface area contributed by atoms with Crippen LogP contribution in [0.3, 0.4) is 0 Å². The van der Waals surface area contributed by atoms with Crippen molar-refractivity contribution < 1.29 is 22.7 Å². The molecule has 2 N–H and O–H groups in total. The van der Waals surface area contributed by atoms with Gasteiger partial charge < -0.3 is 15.4 Å². The van der Waals surface area contributed by atoms with Crippen molar-refractivity contribution in [3.8, 4) is 10.6 Å². The van der Waals surface area contributed by atoms with Gasteiger partial charge in [0.2, 0.25) is 9.84 Å². The first-order chi connectivity index (χ1) is 20.9. The van der Waals surface area contributed by atoms with Crippen LogP contribution in [0.15, 0.2) is 82.7 Å². The minimum atomic E-state index is -3.93. The van der Waals surface area contributed by atoms with E-state index in [2.05, 4.69) is 44.8 Å². The lowest BCUT2D eigenvalue weighted by molar-refractivity contribution is 0.0372. The zero-order valence-corrected chi connectivity index (χ0v) is 25.2. The number of unbranched alkanes of at least 4 members (excludes halogenated alkanes) is 1. The SMILES string of the molecule is O=C(NCc1cnc(-c2ccc(CCCCN3CCOCC3)cc2)s1)c1ccc2c(c1)NC(=O)c1ccccc1S2(=O)=O. The number of carbonyl (C=O) groups excluding carboxylic acids is 2. The van der Waals surface area contributed by atoms with Crippen molar-refractivity contribution in [1.82, 2.24) is 15.2 Å². The highest BCUT2D eigenvalue weighted by atomic mass is 32.2. The number of amides is 2. The summed E-state index contributed by atoms with van der Waals surface area (Å²) < 4.78 is 31.8. The number of ether oxygens (including phenoxy) is 1. The predicted octanol–water partition coefficient (Wildman–Crippen LogP) is 4.79. The highest BCUT2D eigenvalue weighted by Gasteiger charge is 2.31. The molecule has 222 valence electrons. The molecule has 0 atom stereocenters. The van der Waals surface area contributed by atoms with Crippen LogP contribution in [-0.2, 0) is 27.5 Å². The lowest BCUT2D eigenvalue weighted by Crippen LogP contribution is -2.36. The second-order valence-corrected chi connectivity index (χ2v) is 13.6. The molecular weight excluding hydrogens is 585 g/mol. The van der Waals surface area contributed by atoms with Gasteiger partial charge in [-0.15, -0.1) is 11.3 Å². The minimum absolute atomic E-state index is 0.0477. The number of hydrogen-bond donors (Lipinski definition) is 2. The van der Waals surface area contributed by atoms with E-state index in [-0.39, 0.29) is 39.1 Å². The second-order valence-electron chi connectivity index (χ2n) is 10.6. The van der Waals surface area contributed by atoms with Gasteiger partial charge in [-0.1, -0.05) is 36.4 Å². The van der Waals surface area contributed by atoms with E-state index >= 15 is 0 Å². The first-order valence-corrected chi connectivity index (χ1v) is 16.6. The number of rotatable bonds is 9. The van der Waals surface area contributed by atoms with Crippen LogP contribution in [0.2, 0.25) is 0 Å². The van der Waals surface area contributed by atoms with Gasteiger partial charge in [0, 0.05) is 35.3 Å². The van der Waals surface area contributed by atoms with Gasteiger partial charge >= 0.3 is 0 Å². The van der Waals surface area contributed by atoms with E-state index in [0.717, 1.165) is 61.1 Å². The van der Waals surface area contributed by atoms with E-state index in [4.69, 9.17) is 4.74 Å². The fourth-order valence-electron chi connectivity index (χ4n) is 5.30. The molecule has 6 rings (SSSR count). The Morgan fingerprint density at radius 2 is 1.79 bits per heavy atom. The number of aromatic nitrogens is 1. The van der Waals surface area contributed by atoms with Crippen LogP contribution in [0, 0.1) is 0 Å². The molecule has 4 aromatic rings. The van der Waals surface area contributed by atoms with Gasteiger partial charge in [0.05, 0.1) is 40.8 Å². The number of benzene rings is 3. The average Bonchev–Trinajstić information content (AvgIpc) is 3.49. The fourth-order valence-corrected chi connectivity index (χ4v) is 7.74. The number of nitrogens with one attached hydrogen (secondary N) is 2. The van der Waals surface area contributed by atoms with Crippen LogP contribution < -0.4 is 10.6 Å². The van der Waals surface area contributed by atoms with Gasteiger partial charge in [0.15, 0.2) is 0 Å². The summed E-state index contributed by atoms with van der Waals surface area (Å²) >= 11 is 1.51. The lowest BCUT2D eigenvalue weighted by Gasteiger charge is -2.26. The van der Waals surface area contributed by atoms with Crippen molar-refractivity contribution >= 4 is 38.7 Å². The number of fused-ring (bicyclic) bond motifs is 2. The molecule has 0 radical (unpaired) electrons. The minimum Gasteiger partial charge on any atom is -0.379 e. The summed E-state index contributed by atoms with van der Waals surface area (Å²) in [5, 5.41) is 6.39. The van der Waals surface area contributed by atoms with E-state index in [0.29, 0.717) is 0 Å². The predicted molar refractivity (Wildman–Crippen MR) is 165 cm³/mol. The number of thiazole rings is 1. The Balaban J connectivity index is 1.04. The van der Waals surface area contributed by atoms with Gasteiger partial charge in [0.1, 0.15) is 5.01 Å². The largest absolute Gasteiger partial charge is 0.379 e. The monoisotopic (exact) mass is 616 g/mol. The van der Waals surface area contributed by atoms with Gasteiger partial charge in [-0.25, -0.2) is 13.4 Å². The van der Waals surface area contributed by atoms with Crippen molar-refractivity contribution in [3.63, 3.8) is 0 Å². The third-order valence-corrected chi connectivity index (χ3v) is 10.6. The summed E-state index contributed by atoms with van der Waals surface area (Å²) in [6.07, 6.45) is 5.13. The molecule has 2 amide bonds. The lowest BCUT2D eigenvalue weighted by atomic mass is 10.1. The molecule has 9 nitrogen and oxygen atoms in total. The standard InChI is InChI=1S/C32H32N4O5S2/c37-30(24-12-13-29-27(19-24)35-31(38)26-6-1-2-7-28(26)43(29,39)40)33-20-25-21-34-32(42-25)23-10-8-22(9-11-23)5-3-4-14-36-15-17-41-18-16-36/h1-2,6-13,19,21H,3-5,14-18,20H2,(H,33,37)(H,35,38). The van der Waals surface area contributed by atoms with E-state index in [1.807, 2.05) is 0 Å². The molecule has 3 heterocycles. The van der Waals surface area contributed by atoms with Crippen LogP contribution in [0.25, 0.3) is 10.6 Å². The highest BCUT2D eigenvalue weighted by molar-refractivity contribution is 7.91. The molecule has 11 heteroatoms. The summed E-state index contributed by atoms with van der Waals surface area (Å²) in [6, 6.07) is 18.8. The maximum Gasteiger partial charge on any atom is 0.257 e. The third-order valence-electron chi connectivity index (χ3n) is 7.67. The maximum atomic E-state index is 13.2. The smallest absolute Gasteiger partial charge is 0.257 e. The van der Waals surface area contributed by atoms with Gasteiger partial charge in [-0.3, -0.25) is 14.5 Å². The summed E-state index contributed by atoms with van der Waals surface area (Å²) in [5.41, 5.74) is 2.73. The number of sulfone groups is 1. The molecule has 2 aliphatic rings. The van der Waals surface area contributed by atoms with Crippen molar-refractivity contribution in [2.24, 2.45) is 0 Å². The average molecular weight is 617 g/mol. The molecule has 1 fully saturated rings. The van der Waals surface area contributed by atoms with Crippen molar-refractivity contribution in [2.45, 2.75) is 35.6 Å². The number of aryl methyl sites for hydroxylation is 1. The number of hydrogen-bond acceptors (Lipinski definition) is 8. The molecule has 1 aromatic heterocycles. The zero-order chi connectivity index (χ0) is 29.8. The molecule has 0 aliphatic carbocycles. The Hall–Kier alpha value is -3.90. The van der Waals surface area contributed by atoms with Gasteiger partial charge in [-0.2, -0.15) is 0 Å². The summed E-state index contributed by atoms with van der Waals surface area (Å²) in [7, 11) is -3.93. The normalized spacial score (nSPS) is 16.0. The second kappa shape index (κ2) is 12.8. The Labute approximate surface area is 254 Å². The molecule has 0 spiro atoms. The van der Waals surface area contributed by atoms with Crippen LogP contribution in [-0.4, -0.2) is 63.0 Å². The maximum absolute atomic E-state index is 13.2. The van der Waals surface area contributed by atoms with Crippen LogP contribution in [0.1, 0.15) is 44.0 Å². The number of morpholine rings is 1. The van der Waals surface area contributed by atoms with Crippen molar-refractivity contribution in [1.29, 1.82) is 0 Å². The number of carbonyl (C=O) groups is 2. The fraction of sp³-hybridized carbons (Fsp3) is 0.281. The van der Waals surface area contributed by atoms with E-state index in [9.17, 15) is 18.0 Å². The van der Waals surface area contributed by atoms with E-state index < -0.39 is 15.7 Å². The summed E-state index contributed by atoms with van der Waals surface area (Å²) in [5.74, 6) is -0.923. The van der Waals surface area contributed by atoms with Gasteiger partial charge in [0.25, 0.3) is 11.8 Å². The third kappa shape index (κ3) is 6.54. The van der Waals surface area contributed by atoms with Crippen LogP contribution in [0.5, 0.6) is 0 Å². The van der Waals surface area contributed by atoms with Crippen LogP contribution >= 0.6 is 11.3 Å². The molecule has 1 saturated heterocycles. The summed E-state index contributed by atoms with van der Waals surface area (Å²) in [4.78, 5) is 33.5. The van der Waals surface area contributed by atoms with E-state index in [1.54, 1.807) is 18.3 Å². The topological polar surface area (TPSA) is 118 Å². The molecule has 2 aliphatic heterocycles. The van der Waals surface area contributed by atoms with Crippen molar-refractivity contribution in [3.05, 3.63) is 94.5 Å². The van der Waals surface area contributed by atoms with Crippen LogP contribution in [0.4, 0.5) is 5.69 Å². The van der Waals surface area contributed by atoms with Gasteiger partial charge in [-0.05, 0) is 61.7 Å². The Bertz CT molecular complexity index is 1750. The first kappa shape index (κ1) is 29.2. The first-order valence-electron chi connectivity index (χ1n) is 14.3. The zero-order valence-electron chi connectivity index (χ0n) is 23.5. The number of anilines is 1. The molecule has 0 unspecified atom stereocenters. The number of nitrogens with zero attached hydrogens (tertiary/aromatic N) is 2. The quantitative estimate of drug-likeness (QED) is 0.260. The molecule has 0 saturated carbocycles. The Kier molecular flexibility index (Phi) is 8.66. The summed E-state index contributed by atoms with van der Waals surface area (Å²) in [6.45, 7) is 5.14. The molecule has 0 bridgehead atoms. The highest BCUT2D eigenvalue weighted by Crippen LogP contribution is 2.34. The molecule has 3 aromatic carbocycles. The Morgan fingerprint density at radius 1 is 1.00 bits per heavy atom. The Morgan fingerprint density at radius 3 is 2.60 bits per heavy atom. The van der Waals surface area contributed by atoms with Crippen molar-refractivity contribution in [2.75, 3.05) is 38.2 Å². The molecular formula is C32H32N4O5S2.